The molecule has 2 aromatic rings. The SMILES string of the molecule is CCOC(=O)COc1ccc(CC[C@@H](C)NC[C@H](O)c2ccccc2)cc1. The first kappa shape index (κ1) is 20.9. The molecule has 0 unspecified atom stereocenters. The number of carbonyl (C=O) groups excluding carboxylic acids is 1. The van der Waals surface area contributed by atoms with Gasteiger partial charge in [-0.2, -0.15) is 0 Å². The van der Waals surface area contributed by atoms with Crippen molar-refractivity contribution in [3.8, 4) is 5.75 Å². The van der Waals surface area contributed by atoms with Crippen LogP contribution in [0, 0.1) is 0 Å². The van der Waals surface area contributed by atoms with Gasteiger partial charge < -0.3 is 19.9 Å². The Morgan fingerprint density at radius 2 is 1.81 bits per heavy atom. The van der Waals surface area contributed by atoms with Gasteiger partial charge in [0.2, 0.25) is 0 Å². The number of aliphatic hydroxyl groups excluding tert-OH is 1. The van der Waals surface area contributed by atoms with Crippen molar-refractivity contribution in [1.82, 2.24) is 5.32 Å². The number of carbonyl (C=O) groups is 1. The van der Waals surface area contributed by atoms with Crippen LogP contribution in [0.2, 0.25) is 0 Å². The molecule has 0 aliphatic heterocycles. The van der Waals surface area contributed by atoms with Crippen molar-refractivity contribution >= 4 is 5.97 Å². The molecule has 0 aliphatic carbocycles. The molecule has 0 bridgehead atoms. The summed E-state index contributed by atoms with van der Waals surface area (Å²) in [4.78, 5) is 11.3. The van der Waals surface area contributed by atoms with E-state index < -0.39 is 6.10 Å². The molecule has 0 saturated carbocycles. The number of aryl methyl sites for hydroxylation is 1. The number of nitrogens with one attached hydrogen (secondary N) is 1. The second-order valence-corrected chi connectivity index (χ2v) is 6.51. The third-order valence-electron chi connectivity index (χ3n) is 4.30. The van der Waals surface area contributed by atoms with Gasteiger partial charge in [-0.05, 0) is 49.9 Å². The summed E-state index contributed by atoms with van der Waals surface area (Å²) in [6.07, 6.45) is 1.39. The van der Waals surface area contributed by atoms with Gasteiger partial charge in [-0.1, -0.05) is 42.5 Å². The lowest BCUT2D eigenvalue weighted by molar-refractivity contribution is -0.145. The highest BCUT2D eigenvalue weighted by Gasteiger charge is 2.09. The highest BCUT2D eigenvalue weighted by molar-refractivity contribution is 5.71. The molecule has 0 aromatic heterocycles. The van der Waals surface area contributed by atoms with Gasteiger partial charge in [0.05, 0.1) is 12.7 Å². The second-order valence-electron chi connectivity index (χ2n) is 6.51. The Bertz CT molecular complexity index is 672. The Morgan fingerprint density at radius 1 is 1.11 bits per heavy atom. The molecule has 27 heavy (non-hydrogen) atoms. The third kappa shape index (κ3) is 7.81. The van der Waals surface area contributed by atoms with E-state index in [1.165, 1.54) is 5.56 Å². The summed E-state index contributed by atoms with van der Waals surface area (Å²) in [5, 5.41) is 13.6. The van der Waals surface area contributed by atoms with Gasteiger partial charge in [0, 0.05) is 12.6 Å². The number of hydrogen-bond acceptors (Lipinski definition) is 5. The molecule has 0 amide bonds. The number of aliphatic hydroxyl groups is 1. The zero-order valence-electron chi connectivity index (χ0n) is 16.1. The van der Waals surface area contributed by atoms with E-state index in [0.717, 1.165) is 18.4 Å². The second kappa shape index (κ2) is 11.4. The van der Waals surface area contributed by atoms with E-state index in [4.69, 9.17) is 9.47 Å². The molecule has 5 nitrogen and oxygen atoms in total. The minimum atomic E-state index is -0.496. The lowest BCUT2D eigenvalue weighted by Crippen LogP contribution is -2.30. The zero-order chi connectivity index (χ0) is 19.5. The predicted octanol–water partition coefficient (Wildman–Crippen LogP) is 3.27. The molecule has 0 spiro atoms. The molecule has 5 heteroatoms. The van der Waals surface area contributed by atoms with Crippen molar-refractivity contribution in [2.75, 3.05) is 19.8 Å². The molecule has 0 radical (unpaired) electrons. The number of hydrogen-bond donors (Lipinski definition) is 2. The summed E-state index contributed by atoms with van der Waals surface area (Å²) in [5.41, 5.74) is 2.13. The van der Waals surface area contributed by atoms with E-state index in [0.29, 0.717) is 24.9 Å². The van der Waals surface area contributed by atoms with E-state index in [1.54, 1.807) is 6.92 Å². The normalized spacial score (nSPS) is 13.0. The first-order valence-corrected chi connectivity index (χ1v) is 9.42. The quantitative estimate of drug-likeness (QED) is 0.594. The first-order valence-electron chi connectivity index (χ1n) is 9.42. The van der Waals surface area contributed by atoms with Gasteiger partial charge >= 0.3 is 5.97 Å². The Morgan fingerprint density at radius 3 is 2.48 bits per heavy atom. The lowest BCUT2D eigenvalue weighted by atomic mass is 10.1. The van der Waals surface area contributed by atoms with Crippen molar-refractivity contribution in [2.45, 2.75) is 38.8 Å². The molecular weight excluding hydrogens is 342 g/mol. The number of esters is 1. The van der Waals surface area contributed by atoms with Crippen LogP contribution >= 0.6 is 0 Å². The van der Waals surface area contributed by atoms with Crippen molar-refractivity contribution in [3.05, 3.63) is 65.7 Å². The van der Waals surface area contributed by atoms with E-state index in [2.05, 4.69) is 12.2 Å². The fourth-order valence-corrected chi connectivity index (χ4v) is 2.69. The molecule has 2 aromatic carbocycles. The van der Waals surface area contributed by atoms with E-state index in [9.17, 15) is 9.90 Å². The average Bonchev–Trinajstić information content (AvgIpc) is 2.70. The van der Waals surface area contributed by atoms with Gasteiger partial charge in [0.1, 0.15) is 5.75 Å². The summed E-state index contributed by atoms with van der Waals surface area (Å²) >= 11 is 0. The molecule has 2 atom stereocenters. The van der Waals surface area contributed by atoms with Gasteiger partial charge in [-0.15, -0.1) is 0 Å². The maximum atomic E-state index is 11.3. The van der Waals surface area contributed by atoms with Crippen LogP contribution in [0.3, 0.4) is 0 Å². The smallest absolute Gasteiger partial charge is 0.344 e. The fraction of sp³-hybridized carbons (Fsp3) is 0.409. The topological polar surface area (TPSA) is 67.8 Å². The number of ether oxygens (including phenoxy) is 2. The standard InChI is InChI=1S/C22H29NO4/c1-3-26-22(25)16-27-20-13-11-18(12-14-20)10-9-17(2)23-15-21(24)19-7-5-4-6-8-19/h4-8,11-14,17,21,23-24H,3,9-10,15-16H2,1-2H3/t17-,21+/m1/s1. The molecule has 2 N–H and O–H groups in total. The predicted molar refractivity (Wildman–Crippen MR) is 106 cm³/mol. The maximum absolute atomic E-state index is 11.3. The number of rotatable bonds is 11. The fourth-order valence-electron chi connectivity index (χ4n) is 2.69. The van der Waals surface area contributed by atoms with Gasteiger partial charge in [-0.25, -0.2) is 4.79 Å². The van der Waals surface area contributed by atoms with Crippen LogP contribution < -0.4 is 10.1 Å². The summed E-state index contributed by atoms with van der Waals surface area (Å²) < 4.78 is 10.2. The van der Waals surface area contributed by atoms with Crippen LogP contribution in [0.25, 0.3) is 0 Å². The Hall–Kier alpha value is -2.37. The molecule has 0 aliphatic rings. The summed E-state index contributed by atoms with van der Waals surface area (Å²) in [6.45, 7) is 4.71. The minimum Gasteiger partial charge on any atom is -0.482 e. The van der Waals surface area contributed by atoms with Crippen molar-refractivity contribution in [2.24, 2.45) is 0 Å². The molecule has 0 fully saturated rings. The highest BCUT2D eigenvalue weighted by Crippen LogP contribution is 2.15. The van der Waals surface area contributed by atoms with Crippen LogP contribution in [0.1, 0.15) is 37.5 Å². The van der Waals surface area contributed by atoms with E-state index in [1.807, 2.05) is 54.6 Å². The first-order chi connectivity index (χ1) is 13.1. The summed E-state index contributed by atoms with van der Waals surface area (Å²) in [6, 6.07) is 17.7. The summed E-state index contributed by atoms with van der Waals surface area (Å²) in [7, 11) is 0. The van der Waals surface area contributed by atoms with Crippen molar-refractivity contribution < 1.29 is 19.4 Å². The third-order valence-corrected chi connectivity index (χ3v) is 4.30. The van der Waals surface area contributed by atoms with Crippen LogP contribution in [-0.2, 0) is 16.0 Å². The van der Waals surface area contributed by atoms with Crippen molar-refractivity contribution in [3.63, 3.8) is 0 Å². The lowest BCUT2D eigenvalue weighted by Gasteiger charge is -2.17. The largest absolute Gasteiger partial charge is 0.482 e. The Labute approximate surface area is 161 Å². The molecule has 0 saturated heterocycles. The monoisotopic (exact) mass is 371 g/mol. The molecule has 2 rings (SSSR count). The van der Waals surface area contributed by atoms with Crippen LogP contribution in [0.5, 0.6) is 5.75 Å². The zero-order valence-corrected chi connectivity index (χ0v) is 16.1. The highest BCUT2D eigenvalue weighted by atomic mass is 16.6. The Balaban J connectivity index is 1.68. The maximum Gasteiger partial charge on any atom is 0.344 e. The molecule has 0 heterocycles. The van der Waals surface area contributed by atoms with Crippen LogP contribution in [0.4, 0.5) is 0 Å². The summed E-state index contributed by atoms with van der Waals surface area (Å²) in [5.74, 6) is 0.295. The molecule has 146 valence electrons. The Kier molecular flexibility index (Phi) is 8.81. The molecular formula is C22H29NO4. The van der Waals surface area contributed by atoms with Gasteiger partial charge in [0.25, 0.3) is 0 Å². The van der Waals surface area contributed by atoms with E-state index in [-0.39, 0.29) is 12.6 Å². The average molecular weight is 371 g/mol. The van der Waals surface area contributed by atoms with Crippen LogP contribution in [-0.4, -0.2) is 36.9 Å². The van der Waals surface area contributed by atoms with Gasteiger partial charge in [0.15, 0.2) is 6.61 Å². The van der Waals surface area contributed by atoms with Crippen molar-refractivity contribution in [1.29, 1.82) is 0 Å². The minimum absolute atomic E-state index is 0.0715. The van der Waals surface area contributed by atoms with Gasteiger partial charge in [-0.3, -0.25) is 0 Å². The number of benzene rings is 2. The van der Waals surface area contributed by atoms with E-state index >= 15 is 0 Å². The van der Waals surface area contributed by atoms with Crippen LogP contribution in [0.15, 0.2) is 54.6 Å².